The second kappa shape index (κ2) is 6.51. The monoisotopic (exact) mass is 292 g/mol. The van der Waals surface area contributed by atoms with E-state index in [1.54, 1.807) is 30.3 Å². The summed E-state index contributed by atoms with van der Waals surface area (Å²) in [7, 11) is 1.21. The van der Waals surface area contributed by atoms with Crippen molar-refractivity contribution in [2.75, 3.05) is 7.11 Å². The van der Waals surface area contributed by atoms with Crippen LogP contribution in [0.2, 0.25) is 0 Å². The van der Waals surface area contributed by atoms with E-state index in [2.05, 4.69) is 4.74 Å². The summed E-state index contributed by atoms with van der Waals surface area (Å²) in [5.74, 6) is -1.25. The minimum atomic E-state index is -1.29. The maximum absolute atomic E-state index is 12.0. The number of esters is 2. The molecule has 3 atom stereocenters. The van der Waals surface area contributed by atoms with Crippen LogP contribution in [0.4, 0.5) is 0 Å². The molecule has 0 aliphatic heterocycles. The number of benzene rings is 1. The number of carbonyl (C=O) groups excluding carboxylic acids is 2. The van der Waals surface area contributed by atoms with E-state index in [-0.39, 0.29) is 12.0 Å². The second-order valence-corrected chi connectivity index (χ2v) is 4.68. The van der Waals surface area contributed by atoms with Crippen molar-refractivity contribution in [1.29, 1.82) is 0 Å². The van der Waals surface area contributed by atoms with Crippen LogP contribution < -0.4 is 0 Å². The first kappa shape index (κ1) is 15.2. The highest BCUT2D eigenvalue weighted by atomic mass is 16.6. The molecule has 2 N–H and O–H groups in total. The van der Waals surface area contributed by atoms with Gasteiger partial charge in [0, 0.05) is 12.0 Å². The predicted octanol–water partition coefficient (Wildman–Crippen LogP) is 0.437. The summed E-state index contributed by atoms with van der Waals surface area (Å²) in [6, 6.07) is 8.27. The van der Waals surface area contributed by atoms with Crippen molar-refractivity contribution in [3.8, 4) is 0 Å². The molecule has 0 bridgehead atoms. The summed E-state index contributed by atoms with van der Waals surface area (Å²) in [4.78, 5) is 23.5. The van der Waals surface area contributed by atoms with Gasteiger partial charge in [-0.05, 0) is 18.2 Å². The molecule has 1 aromatic rings. The van der Waals surface area contributed by atoms with E-state index in [1.165, 1.54) is 13.2 Å². The zero-order valence-corrected chi connectivity index (χ0v) is 11.4. The molecule has 0 fully saturated rings. The highest BCUT2D eigenvalue weighted by Crippen LogP contribution is 2.24. The molecule has 0 radical (unpaired) electrons. The maximum atomic E-state index is 12.0. The number of aliphatic hydroxyl groups excluding tert-OH is 2. The number of hydrogen-bond donors (Lipinski definition) is 2. The van der Waals surface area contributed by atoms with Crippen molar-refractivity contribution in [3.63, 3.8) is 0 Å². The van der Waals surface area contributed by atoms with E-state index >= 15 is 0 Å². The maximum Gasteiger partial charge on any atom is 0.338 e. The van der Waals surface area contributed by atoms with Gasteiger partial charge in [-0.15, -0.1) is 0 Å². The fourth-order valence-electron chi connectivity index (χ4n) is 2.10. The highest BCUT2D eigenvalue weighted by Gasteiger charge is 2.36. The van der Waals surface area contributed by atoms with Gasteiger partial charge in [0.25, 0.3) is 0 Å². The Morgan fingerprint density at radius 2 is 1.81 bits per heavy atom. The number of ether oxygens (including phenoxy) is 2. The van der Waals surface area contributed by atoms with Crippen molar-refractivity contribution in [2.24, 2.45) is 0 Å². The molecule has 112 valence electrons. The Kier molecular flexibility index (Phi) is 4.72. The fraction of sp³-hybridized carbons (Fsp3) is 0.333. The summed E-state index contributed by atoms with van der Waals surface area (Å²) >= 11 is 0. The average molecular weight is 292 g/mol. The number of rotatable bonds is 3. The van der Waals surface area contributed by atoms with Crippen molar-refractivity contribution in [3.05, 3.63) is 47.5 Å². The van der Waals surface area contributed by atoms with Gasteiger partial charge < -0.3 is 19.7 Å². The van der Waals surface area contributed by atoms with Gasteiger partial charge in [-0.25, -0.2) is 9.59 Å². The third-order valence-electron chi connectivity index (χ3n) is 3.24. The highest BCUT2D eigenvalue weighted by molar-refractivity contribution is 5.90. The minimum absolute atomic E-state index is 0.0104. The Hall–Kier alpha value is -2.18. The van der Waals surface area contributed by atoms with Crippen LogP contribution in [0, 0.1) is 0 Å². The lowest BCUT2D eigenvalue weighted by Crippen LogP contribution is -2.43. The molecule has 6 heteroatoms. The topological polar surface area (TPSA) is 93.1 Å². The van der Waals surface area contributed by atoms with E-state index in [0.29, 0.717) is 5.56 Å². The molecule has 1 aliphatic rings. The molecule has 0 aromatic heterocycles. The van der Waals surface area contributed by atoms with Gasteiger partial charge in [0.15, 0.2) is 0 Å². The average Bonchev–Trinajstić information content (AvgIpc) is 2.51. The lowest BCUT2D eigenvalue weighted by Gasteiger charge is -2.30. The third kappa shape index (κ3) is 3.48. The van der Waals surface area contributed by atoms with Crippen LogP contribution in [0.5, 0.6) is 0 Å². The van der Waals surface area contributed by atoms with Crippen molar-refractivity contribution < 1.29 is 29.3 Å². The van der Waals surface area contributed by atoms with Crippen LogP contribution in [-0.4, -0.2) is 47.6 Å². The molecule has 0 saturated heterocycles. The molecular weight excluding hydrogens is 276 g/mol. The van der Waals surface area contributed by atoms with Crippen LogP contribution in [0.15, 0.2) is 42.0 Å². The number of aliphatic hydroxyl groups is 2. The normalized spacial score (nSPS) is 24.9. The molecule has 1 aliphatic carbocycles. The first-order chi connectivity index (χ1) is 10.0. The smallest absolute Gasteiger partial charge is 0.338 e. The van der Waals surface area contributed by atoms with Crippen LogP contribution in [-0.2, 0) is 14.3 Å². The van der Waals surface area contributed by atoms with Gasteiger partial charge in [-0.1, -0.05) is 18.2 Å². The summed E-state index contributed by atoms with van der Waals surface area (Å²) in [6.45, 7) is 0. The van der Waals surface area contributed by atoms with E-state index in [9.17, 15) is 19.8 Å². The van der Waals surface area contributed by atoms with Gasteiger partial charge >= 0.3 is 11.9 Å². The largest absolute Gasteiger partial charge is 0.466 e. The van der Waals surface area contributed by atoms with Crippen molar-refractivity contribution in [2.45, 2.75) is 24.7 Å². The van der Waals surface area contributed by atoms with E-state index in [0.717, 1.165) is 0 Å². The van der Waals surface area contributed by atoms with Crippen LogP contribution in [0.25, 0.3) is 0 Å². The molecule has 0 heterocycles. The number of carbonyl (C=O) groups is 2. The van der Waals surface area contributed by atoms with E-state index < -0.39 is 30.3 Å². The lowest BCUT2D eigenvalue weighted by atomic mass is 9.92. The quantitative estimate of drug-likeness (QED) is 0.785. The van der Waals surface area contributed by atoms with Crippen molar-refractivity contribution in [1.82, 2.24) is 0 Å². The first-order valence-corrected chi connectivity index (χ1v) is 6.44. The predicted molar refractivity (Wildman–Crippen MR) is 72.4 cm³/mol. The molecule has 1 aromatic carbocycles. The number of hydrogen-bond acceptors (Lipinski definition) is 6. The number of methoxy groups -OCH3 is 1. The Bertz CT molecular complexity index is 551. The standard InChI is InChI=1S/C15H16O6/c1-20-14(18)10-7-11(16)13(17)12(8-10)21-15(19)9-5-3-2-4-6-9/h2-7,11-13,16-17H,8H2,1H3/t11-,12-,13+/m1/s1. The fourth-order valence-corrected chi connectivity index (χ4v) is 2.10. The van der Waals surface area contributed by atoms with E-state index in [4.69, 9.17) is 4.74 Å². The summed E-state index contributed by atoms with van der Waals surface area (Å²) in [5.41, 5.74) is 0.495. The summed E-state index contributed by atoms with van der Waals surface area (Å²) in [5, 5.41) is 19.6. The Labute approximate surface area is 121 Å². The molecule has 2 rings (SSSR count). The Morgan fingerprint density at radius 3 is 2.43 bits per heavy atom. The Balaban J connectivity index is 2.11. The van der Waals surface area contributed by atoms with Gasteiger partial charge in [0.2, 0.25) is 0 Å². The third-order valence-corrected chi connectivity index (χ3v) is 3.24. The summed E-state index contributed by atoms with van der Waals surface area (Å²) in [6.07, 6.45) is -2.38. The molecule has 0 spiro atoms. The zero-order chi connectivity index (χ0) is 15.4. The molecule has 0 amide bonds. The van der Waals surface area contributed by atoms with Crippen LogP contribution >= 0.6 is 0 Å². The molecule has 0 unspecified atom stereocenters. The van der Waals surface area contributed by atoms with Gasteiger partial charge in [-0.2, -0.15) is 0 Å². The minimum Gasteiger partial charge on any atom is -0.466 e. The molecule has 21 heavy (non-hydrogen) atoms. The van der Waals surface area contributed by atoms with Gasteiger partial charge in [-0.3, -0.25) is 0 Å². The van der Waals surface area contributed by atoms with Crippen molar-refractivity contribution >= 4 is 11.9 Å². The summed E-state index contributed by atoms with van der Waals surface area (Å²) < 4.78 is 9.76. The molecule has 6 nitrogen and oxygen atoms in total. The Morgan fingerprint density at radius 1 is 1.14 bits per heavy atom. The zero-order valence-electron chi connectivity index (χ0n) is 11.4. The second-order valence-electron chi connectivity index (χ2n) is 4.68. The van der Waals surface area contributed by atoms with Gasteiger partial charge in [0.05, 0.1) is 12.7 Å². The molecular formula is C15H16O6. The van der Waals surface area contributed by atoms with E-state index in [1.807, 2.05) is 0 Å². The molecule has 0 saturated carbocycles. The SMILES string of the molecule is COC(=O)C1=C[C@@H](O)[C@H](O)[C@H](OC(=O)c2ccccc2)C1. The van der Waals surface area contributed by atoms with Crippen LogP contribution in [0.3, 0.4) is 0 Å². The lowest BCUT2D eigenvalue weighted by molar-refractivity contribution is -0.137. The van der Waals surface area contributed by atoms with Crippen LogP contribution in [0.1, 0.15) is 16.8 Å². The first-order valence-electron chi connectivity index (χ1n) is 6.44. The van der Waals surface area contributed by atoms with Gasteiger partial charge in [0.1, 0.15) is 18.3 Å².